The average molecular weight is 404 g/mol. The van der Waals surface area contributed by atoms with Gasteiger partial charge in [-0.3, -0.25) is 14.6 Å². The van der Waals surface area contributed by atoms with Gasteiger partial charge in [0.15, 0.2) is 0 Å². The lowest BCUT2D eigenvalue weighted by atomic mass is 10.2. The molecule has 0 bridgehead atoms. The molecule has 3 rings (SSSR count). The van der Waals surface area contributed by atoms with E-state index in [0.717, 1.165) is 12.1 Å². The molecule has 0 saturated carbocycles. The Balaban J connectivity index is 1.87. The van der Waals surface area contributed by atoms with E-state index < -0.39 is 17.6 Å². The summed E-state index contributed by atoms with van der Waals surface area (Å²) in [6.45, 7) is 0. The monoisotopic (exact) mass is 403 g/mol. The number of halogens is 3. The number of aromatic nitrogens is 1. The number of benzene rings is 2. The minimum absolute atomic E-state index is 0.0697. The molecule has 0 fully saturated rings. The van der Waals surface area contributed by atoms with E-state index in [1.807, 2.05) is 0 Å². The molecule has 2 N–H and O–H groups in total. The summed E-state index contributed by atoms with van der Waals surface area (Å²) in [4.78, 5) is 28.7. The van der Waals surface area contributed by atoms with Gasteiger partial charge in [-0.25, -0.2) is 4.39 Å². The lowest BCUT2D eigenvalue weighted by Crippen LogP contribution is -2.18. The summed E-state index contributed by atoms with van der Waals surface area (Å²) < 4.78 is 13.7. The van der Waals surface area contributed by atoms with Crippen LogP contribution in [0.1, 0.15) is 20.8 Å². The highest BCUT2D eigenvalue weighted by Gasteiger charge is 2.16. The summed E-state index contributed by atoms with van der Waals surface area (Å²) in [6, 6.07) is 13.1. The van der Waals surface area contributed by atoms with Crippen molar-refractivity contribution >= 4 is 46.4 Å². The Hall–Kier alpha value is -2.96. The molecular formula is C19H12Cl2FN3O2. The second-order valence-electron chi connectivity index (χ2n) is 5.41. The maximum atomic E-state index is 13.7. The van der Waals surface area contributed by atoms with Crippen molar-refractivity contribution in [3.63, 3.8) is 0 Å². The number of hydrogen-bond donors (Lipinski definition) is 2. The number of carbonyl (C=O) groups excluding carboxylic acids is 2. The van der Waals surface area contributed by atoms with Crippen LogP contribution in [0.15, 0.2) is 60.8 Å². The van der Waals surface area contributed by atoms with Gasteiger partial charge in [-0.1, -0.05) is 35.3 Å². The van der Waals surface area contributed by atoms with Crippen LogP contribution in [0, 0.1) is 5.82 Å². The maximum Gasteiger partial charge on any atom is 0.274 e. The zero-order chi connectivity index (χ0) is 19.4. The van der Waals surface area contributed by atoms with E-state index in [4.69, 9.17) is 23.2 Å². The summed E-state index contributed by atoms with van der Waals surface area (Å²) in [5.41, 5.74) is 0.575. The van der Waals surface area contributed by atoms with E-state index in [1.54, 1.807) is 24.3 Å². The molecule has 8 heteroatoms. The summed E-state index contributed by atoms with van der Waals surface area (Å²) in [6.07, 6.45) is 1.48. The quantitative estimate of drug-likeness (QED) is 0.641. The molecule has 0 unspecified atom stereocenters. The summed E-state index contributed by atoms with van der Waals surface area (Å²) in [5, 5.41) is 5.42. The Kier molecular flexibility index (Phi) is 5.69. The molecule has 2 amide bonds. The molecule has 0 aliphatic carbocycles. The van der Waals surface area contributed by atoms with Gasteiger partial charge in [0.2, 0.25) is 0 Å². The predicted molar refractivity (Wildman–Crippen MR) is 103 cm³/mol. The number of anilines is 2. The van der Waals surface area contributed by atoms with Crippen molar-refractivity contribution in [3.05, 3.63) is 87.9 Å². The summed E-state index contributed by atoms with van der Waals surface area (Å²) in [5.74, 6) is -1.68. The van der Waals surface area contributed by atoms with Crippen LogP contribution in [0.4, 0.5) is 15.8 Å². The van der Waals surface area contributed by atoms with Crippen LogP contribution in [0.2, 0.25) is 10.0 Å². The minimum Gasteiger partial charge on any atom is -0.320 e. The molecule has 27 heavy (non-hydrogen) atoms. The SMILES string of the molecule is O=C(Nc1ccc(F)cc1NC(=O)c1cccc(Cl)c1Cl)c1ccccn1. The topological polar surface area (TPSA) is 71.1 Å². The van der Waals surface area contributed by atoms with Crippen LogP contribution in [-0.4, -0.2) is 16.8 Å². The van der Waals surface area contributed by atoms with E-state index in [9.17, 15) is 14.0 Å². The largest absolute Gasteiger partial charge is 0.320 e. The van der Waals surface area contributed by atoms with Crippen LogP contribution in [0.5, 0.6) is 0 Å². The molecule has 2 aromatic carbocycles. The van der Waals surface area contributed by atoms with Crippen LogP contribution in [0.3, 0.4) is 0 Å². The predicted octanol–water partition coefficient (Wildman–Crippen LogP) is 5.03. The molecule has 0 saturated heterocycles. The number of carbonyl (C=O) groups is 2. The van der Waals surface area contributed by atoms with Crippen molar-refractivity contribution in [2.24, 2.45) is 0 Å². The zero-order valence-corrected chi connectivity index (χ0v) is 15.2. The molecule has 5 nitrogen and oxygen atoms in total. The Bertz CT molecular complexity index is 1010. The van der Waals surface area contributed by atoms with Gasteiger partial charge in [0.1, 0.15) is 11.5 Å². The molecule has 0 radical (unpaired) electrons. The van der Waals surface area contributed by atoms with Crippen molar-refractivity contribution in [1.29, 1.82) is 0 Å². The first kappa shape index (κ1) is 18.8. The Morgan fingerprint density at radius 3 is 2.41 bits per heavy atom. The second-order valence-corrected chi connectivity index (χ2v) is 6.20. The van der Waals surface area contributed by atoms with Gasteiger partial charge in [0, 0.05) is 6.20 Å². The average Bonchev–Trinajstić information content (AvgIpc) is 2.66. The highest BCUT2D eigenvalue weighted by atomic mass is 35.5. The highest BCUT2D eigenvalue weighted by molar-refractivity contribution is 6.44. The van der Waals surface area contributed by atoms with E-state index in [0.29, 0.717) is 0 Å². The fourth-order valence-electron chi connectivity index (χ4n) is 2.28. The van der Waals surface area contributed by atoms with E-state index in [-0.39, 0.29) is 32.7 Å². The normalized spacial score (nSPS) is 10.3. The third-order valence-electron chi connectivity index (χ3n) is 3.57. The first-order chi connectivity index (χ1) is 13.0. The lowest BCUT2D eigenvalue weighted by Gasteiger charge is -2.13. The zero-order valence-electron chi connectivity index (χ0n) is 13.7. The number of rotatable bonds is 4. The van der Waals surface area contributed by atoms with Gasteiger partial charge in [0.05, 0.1) is 27.0 Å². The first-order valence-electron chi connectivity index (χ1n) is 7.73. The number of pyridine rings is 1. The van der Waals surface area contributed by atoms with Crippen molar-refractivity contribution in [1.82, 2.24) is 4.98 Å². The lowest BCUT2D eigenvalue weighted by molar-refractivity contribution is 0.101. The van der Waals surface area contributed by atoms with E-state index in [1.165, 1.54) is 24.4 Å². The molecule has 1 aromatic heterocycles. The fourth-order valence-corrected chi connectivity index (χ4v) is 2.67. The smallest absolute Gasteiger partial charge is 0.274 e. The van der Waals surface area contributed by atoms with Gasteiger partial charge in [-0.15, -0.1) is 0 Å². The van der Waals surface area contributed by atoms with Gasteiger partial charge in [-0.05, 0) is 42.5 Å². The standard InChI is InChI=1S/C19H12Cl2FN3O2/c20-13-5-3-4-12(17(13)21)18(26)25-16-10-11(22)7-8-14(16)24-19(27)15-6-1-2-9-23-15/h1-10H,(H,24,27)(H,25,26). The van der Waals surface area contributed by atoms with Gasteiger partial charge in [-0.2, -0.15) is 0 Å². The summed E-state index contributed by atoms with van der Waals surface area (Å²) in [7, 11) is 0. The molecule has 136 valence electrons. The minimum atomic E-state index is -0.596. The molecule has 0 aliphatic heterocycles. The van der Waals surface area contributed by atoms with Crippen LogP contribution >= 0.6 is 23.2 Å². The van der Waals surface area contributed by atoms with Crippen LogP contribution in [-0.2, 0) is 0 Å². The number of nitrogens with one attached hydrogen (secondary N) is 2. The number of hydrogen-bond acceptors (Lipinski definition) is 3. The van der Waals surface area contributed by atoms with Crippen LogP contribution < -0.4 is 10.6 Å². The molecular weight excluding hydrogens is 392 g/mol. The number of amides is 2. The highest BCUT2D eigenvalue weighted by Crippen LogP contribution is 2.28. The van der Waals surface area contributed by atoms with Gasteiger partial charge >= 0.3 is 0 Å². The maximum absolute atomic E-state index is 13.7. The molecule has 1 heterocycles. The second kappa shape index (κ2) is 8.16. The molecule has 0 atom stereocenters. The molecule has 0 aliphatic rings. The van der Waals surface area contributed by atoms with Crippen LogP contribution in [0.25, 0.3) is 0 Å². The Morgan fingerprint density at radius 2 is 1.67 bits per heavy atom. The van der Waals surface area contributed by atoms with Crippen molar-refractivity contribution in [3.8, 4) is 0 Å². The Labute approximate surface area is 164 Å². The van der Waals surface area contributed by atoms with Gasteiger partial charge < -0.3 is 10.6 Å². The van der Waals surface area contributed by atoms with Crippen molar-refractivity contribution in [2.75, 3.05) is 10.6 Å². The molecule has 0 spiro atoms. The van der Waals surface area contributed by atoms with Gasteiger partial charge in [0.25, 0.3) is 11.8 Å². The van der Waals surface area contributed by atoms with E-state index >= 15 is 0 Å². The van der Waals surface area contributed by atoms with E-state index in [2.05, 4.69) is 15.6 Å². The Morgan fingerprint density at radius 1 is 0.889 bits per heavy atom. The first-order valence-corrected chi connectivity index (χ1v) is 8.48. The van der Waals surface area contributed by atoms with Crippen molar-refractivity contribution < 1.29 is 14.0 Å². The van der Waals surface area contributed by atoms with Crippen molar-refractivity contribution in [2.45, 2.75) is 0 Å². The third-order valence-corrected chi connectivity index (χ3v) is 4.39. The molecule has 3 aromatic rings. The number of nitrogens with zero attached hydrogens (tertiary/aromatic N) is 1. The summed E-state index contributed by atoms with van der Waals surface area (Å²) >= 11 is 12.0. The third kappa shape index (κ3) is 4.42. The fraction of sp³-hybridized carbons (Fsp3) is 0.